The fourth-order valence-electron chi connectivity index (χ4n) is 2.48. The Morgan fingerprint density at radius 2 is 2.08 bits per heavy atom. The standard InChI is InChI=1S/C9H16N2O2/c1-13-9(6-12)11-7-2-3-8(11)5-10-4-7/h6-10H,2-5H2,1H3. The second-order valence-electron chi connectivity index (χ2n) is 3.75. The first kappa shape index (κ1) is 9.12. The lowest BCUT2D eigenvalue weighted by Gasteiger charge is -2.37. The number of hydrogen-bond donors (Lipinski definition) is 1. The maximum atomic E-state index is 10.8. The number of methoxy groups -OCH3 is 1. The van der Waals surface area contributed by atoms with E-state index < -0.39 is 0 Å². The van der Waals surface area contributed by atoms with E-state index in [0.29, 0.717) is 12.1 Å². The number of carbonyl (C=O) groups excluding carboxylic acids is 1. The van der Waals surface area contributed by atoms with Crippen molar-refractivity contribution >= 4 is 6.29 Å². The first-order valence-electron chi connectivity index (χ1n) is 4.83. The Bertz CT molecular complexity index is 182. The van der Waals surface area contributed by atoms with Gasteiger partial charge in [-0.1, -0.05) is 0 Å². The fraction of sp³-hybridized carbons (Fsp3) is 0.889. The number of rotatable bonds is 3. The molecule has 0 radical (unpaired) electrons. The summed E-state index contributed by atoms with van der Waals surface area (Å²) < 4.78 is 5.15. The van der Waals surface area contributed by atoms with Crippen molar-refractivity contribution in [3.8, 4) is 0 Å². The van der Waals surface area contributed by atoms with Crippen LogP contribution in [0.2, 0.25) is 0 Å². The van der Waals surface area contributed by atoms with Crippen LogP contribution >= 0.6 is 0 Å². The third kappa shape index (κ3) is 1.49. The number of aldehydes is 1. The van der Waals surface area contributed by atoms with E-state index in [0.717, 1.165) is 19.4 Å². The van der Waals surface area contributed by atoms with Crippen molar-refractivity contribution in [2.45, 2.75) is 31.2 Å². The molecular weight excluding hydrogens is 168 g/mol. The van der Waals surface area contributed by atoms with E-state index in [1.807, 2.05) is 0 Å². The Hall–Kier alpha value is -0.450. The number of piperazine rings is 1. The Labute approximate surface area is 78.2 Å². The maximum absolute atomic E-state index is 10.8. The van der Waals surface area contributed by atoms with E-state index in [2.05, 4.69) is 10.2 Å². The van der Waals surface area contributed by atoms with Crippen LogP contribution in [0.4, 0.5) is 0 Å². The summed E-state index contributed by atoms with van der Waals surface area (Å²) >= 11 is 0. The van der Waals surface area contributed by atoms with E-state index in [1.54, 1.807) is 7.11 Å². The van der Waals surface area contributed by atoms with Gasteiger partial charge in [0, 0.05) is 32.3 Å². The number of fused-ring (bicyclic) bond motifs is 2. The zero-order valence-corrected chi connectivity index (χ0v) is 7.90. The zero-order valence-electron chi connectivity index (χ0n) is 7.90. The lowest BCUT2D eigenvalue weighted by Crippen LogP contribution is -2.56. The predicted octanol–water partition coefficient (Wildman–Crippen LogP) is -0.406. The summed E-state index contributed by atoms with van der Waals surface area (Å²) in [7, 11) is 1.60. The molecule has 0 spiro atoms. The highest BCUT2D eigenvalue weighted by atomic mass is 16.5. The van der Waals surface area contributed by atoms with E-state index in [-0.39, 0.29) is 6.23 Å². The van der Waals surface area contributed by atoms with E-state index in [9.17, 15) is 4.79 Å². The molecule has 2 aliphatic heterocycles. The highest BCUT2D eigenvalue weighted by Crippen LogP contribution is 2.28. The zero-order chi connectivity index (χ0) is 9.26. The maximum Gasteiger partial charge on any atom is 0.167 e. The molecule has 0 aromatic rings. The Balaban J connectivity index is 2.09. The molecule has 2 fully saturated rings. The molecule has 2 heterocycles. The van der Waals surface area contributed by atoms with Gasteiger partial charge in [0.25, 0.3) is 0 Å². The molecule has 2 aliphatic rings. The van der Waals surface area contributed by atoms with Crippen molar-refractivity contribution in [2.24, 2.45) is 0 Å². The highest BCUT2D eigenvalue weighted by molar-refractivity contribution is 5.55. The Morgan fingerprint density at radius 3 is 2.54 bits per heavy atom. The smallest absolute Gasteiger partial charge is 0.167 e. The van der Waals surface area contributed by atoms with Gasteiger partial charge in [-0.25, -0.2) is 0 Å². The number of nitrogens with zero attached hydrogens (tertiary/aromatic N) is 1. The third-order valence-corrected chi connectivity index (χ3v) is 3.09. The van der Waals surface area contributed by atoms with Crippen molar-refractivity contribution in [1.82, 2.24) is 10.2 Å². The van der Waals surface area contributed by atoms with Crippen molar-refractivity contribution in [2.75, 3.05) is 20.2 Å². The first-order chi connectivity index (χ1) is 6.36. The van der Waals surface area contributed by atoms with Crippen LogP contribution in [0.3, 0.4) is 0 Å². The molecule has 0 amide bonds. The van der Waals surface area contributed by atoms with Crippen LogP contribution in [0, 0.1) is 0 Å². The molecule has 0 saturated carbocycles. The van der Waals surface area contributed by atoms with Crippen LogP contribution < -0.4 is 5.32 Å². The van der Waals surface area contributed by atoms with Gasteiger partial charge < -0.3 is 10.1 Å². The monoisotopic (exact) mass is 184 g/mol. The molecule has 2 saturated heterocycles. The molecule has 0 aromatic carbocycles. The van der Waals surface area contributed by atoms with Crippen LogP contribution in [-0.4, -0.2) is 49.7 Å². The molecule has 0 aliphatic carbocycles. The van der Waals surface area contributed by atoms with Gasteiger partial charge in [0.05, 0.1) is 0 Å². The normalized spacial score (nSPS) is 36.1. The van der Waals surface area contributed by atoms with Gasteiger partial charge >= 0.3 is 0 Å². The molecular formula is C9H16N2O2. The average molecular weight is 184 g/mol. The summed E-state index contributed by atoms with van der Waals surface area (Å²) in [6, 6.07) is 0.989. The van der Waals surface area contributed by atoms with Gasteiger partial charge in [-0.15, -0.1) is 0 Å². The lowest BCUT2D eigenvalue weighted by molar-refractivity contribution is -0.132. The molecule has 2 rings (SSSR count). The minimum Gasteiger partial charge on any atom is -0.359 e. The third-order valence-electron chi connectivity index (χ3n) is 3.09. The summed E-state index contributed by atoms with van der Waals surface area (Å²) in [5, 5.41) is 3.37. The highest BCUT2D eigenvalue weighted by Gasteiger charge is 2.40. The van der Waals surface area contributed by atoms with Crippen LogP contribution in [-0.2, 0) is 9.53 Å². The molecule has 2 bridgehead atoms. The molecule has 4 nitrogen and oxygen atoms in total. The summed E-state index contributed by atoms with van der Waals surface area (Å²) in [6.45, 7) is 1.98. The molecule has 1 N–H and O–H groups in total. The van der Waals surface area contributed by atoms with Crippen LogP contribution in [0.5, 0.6) is 0 Å². The Morgan fingerprint density at radius 1 is 1.46 bits per heavy atom. The van der Waals surface area contributed by atoms with Gasteiger partial charge in [0.2, 0.25) is 0 Å². The summed E-state index contributed by atoms with van der Waals surface area (Å²) in [6.07, 6.45) is 2.94. The number of hydrogen-bond acceptors (Lipinski definition) is 4. The second-order valence-corrected chi connectivity index (χ2v) is 3.75. The van der Waals surface area contributed by atoms with Crippen molar-refractivity contribution in [3.63, 3.8) is 0 Å². The quantitative estimate of drug-likeness (QED) is 0.606. The average Bonchev–Trinajstić information content (AvgIpc) is 2.42. The van der Waals surface area contributed by atoms with E-state index in [4.69, 9.17) is 4.74 Å². The van der Waals surface area contributed by atoms with Gasteiger partial charge in [-0.3, -0.25) is 9.69 Å². The second kappa shape index (κ2) is 3.74. The largest absolute Gasteiger partial charge is 0.359 e. The molecule has 0 aromatic heterocycles. The van der Waals surface area contributed by atoms with Crippen molar-refractivity contribution in [3.05, 3.63) is 0 Å². The topological polar surface area (TPSA) is 41.6 Å². The SMILES string of the molecule is COC(C=O)N1C2CCC1CNC2. The van der Waals surface area contributed by atoms with Gasteiger partial charge in [0.1, 0.15) is 0 Å². The number of ether oxygens (including phenoxy) is 1. The Kier molecular flexibility index (Phi) is 2.62. The molecule has 3 unspecified atom stereocenters. The first-order valence-corrected chi connectivity index (χ1v) is 4.83. The lowest BCUT2D eigenvalue weighted by atomic mass is 10.2. The van der Waals surface area contributed by atoms with Gasteiger partial charge in [-0.2, -0.15) is 0 Å². The van der Waals surface area contributed by atoms with E-state index in [1.165, 1.54) is 12.8 Å². The predicted molar refractivity (Wildman–Crippen MR) is 48.4 cm³/mol. The summed E-state index contributed by atoms with van der Waals surface area (Å²) in [5.41, 5.74) is 0. The number of nitrogens with one attached hydrogen (secondary N) is 1. The minimum atomic E-state index is -0.334. The van der Waals surface area contributed by atoms with Crippen molar-refractivity contribution < 1.29 is 9.53 Å². The number of carbonyl (C=O) groups is 1. The van der Waals surface area contributed by atoms with Gasteiger partial charge in [-0.05, 0) is 12.8 Å². The molecule has 4 heteroatoms. The molecule has 74 valence electrons. The summed E-state index contributed by atoms with van der Waals surface area (Å²) in [4.78, 5) is 13.0. The van der Waals surface area contributed by atoms with E-state index >= 15 is 0 Å². The molecule has 3 atom stereocenters. The van der Waals surface area contributed by atoms with Crippen LogP contribution in [0.15, 0.2) is 0 Å². The van der Waals surface area contributed by atoms with Crippen molar-refractivity contribution in [1.29, 1.82) is 0 Å². The fourth-order valence-corrected chi connectivity index (χ4v) is 2.48. The molecule has 13 heavy (non-hydrogen) atoms. The van der Waals surface area contributed by atoms with Crippen LogP contribution in [0.25, 0.3) is 0 Å². The summed E-state index contributed by atoms with van der Waals surface area (Å²) in [5.74, 6) is 0. The van der Waals surface area contributed by atoms with Crippen LogP contribution in [0.1, 0.15) is 12.8 Å². The minimum absolute atomic E-state index is 0.334. The van der Waals surface area contributed by atoms with Gasteiger partial charge in [0.15, 0.2) is 12.5 Å².